The molecular formula is C12H15BrFNO2. The standard InChI is InChI=1S/C12H15BrFNO2/c1-7(13)12(2,3)15-11(17)9-5-4-8(16)6-10(9)14/h4-7,16H,1-3H3,(H,15,17). The number of nitrogens with one attached hydrogen (secondary N) is 1. The Morgan fingerprint density at radius 1 is 1.53 bits per heavy atom. The predicted octanol–water partition coefficient (Wildman–Crippen LogP) is 2.82. The predicted molar refractivity (Wildman–Crippen MR) is 68.0 cm³/mol. The summed E-state index contributed by atoms with van der Waals surface area (Å²) >= 11 is 3.38. The van der Waals surface area contributed by atoms with E-state index >= 15 is 0 Å². The van der Waals surface area contributed by atoms with Gasteiger partial charge in [0.25, 0.3) is 5.91 Å². The van der Waals surface area contributed by atoms with Crippen molar-refractivity contribution < 1.29 is 14.3 Å². The van der Waals surface area contributed by atoms with Crippen molar-refractivity contribution in [3.05, 3.63) is 29.6 Å². The molecule has 0 bridgehead atoms. The number of hydrogen-bond donors (Lipinski definition) is 2. The zero-order valence-electron chi connectivity index (χ0n) is 9.92. The van der Waals surface area contributed by atoms with Crippen molar-refractivity contribution in [2.75, 3.05) is 0 Å². The number of aromatic hydroxyl groups is 1. The van der Waals surface area contributed by atoms with E-state index in [1.807, 2.05) is 20.8 Å². The lowest BCUT2D eigenvalue weighted by Gasteiger charge is -2.29. The molecule has 17 heavy (non-hydrogen) atoms. The van der Waals surface area contributed by atoms with Gasteiger partial charge in [-0.25, -0.2) is 4.39 Å². The molecule has 0 aliphatic heterocycles. The van der Waals surface area contributed by atoms with Gasteiger partial charge >= 0.3 is 0 Å². The number of carbonyl (C=O) groups excluding carboxylic acids is 1. The molecule has 5 heteroatoms. The first-order valence-corrected chi connectivity index (χ1v) is 6.10. The molecule has 0 saturated carbocycles. The zero-order valence-corrected chi connectivity index (χ0v) is 11.5. The highest BCUT2D eigenvalue weighted by Gasteiger charge is 2.27. The Labute approximate surface area is 108 Å². The summed E-state index contributed by atoms with van der Waals surface area (Å²) in [7, 11) is 0. The number of phenolic OH excluding ortho intramolecular Hbond substituents is 1. The van der Waals surface area contributed by atoms with Gasteiger partial charge in [0, 0.05) is 16.4 Å². The summed E-state index contributed by atoms with van der Waals surface area (Å²) in [6.45, 7) is 5.57. The highest BCUT2D eigenvalue weighted by Crippen LogP contribution is 2.19. The summed E-state index contributed by atoms with van der Waals surface area (Å²) in [5.74, 6) is -1.44. The second-order valence-electron chi connectivity index (χ2n) is 4.46. The molecule has 0 saturated heterocycles. The Bertz CT molecular complexity index is 433. The fourth-order valence-electron chi connectivity index (χ4n) is 1.15. The van der Waals surface area contributed by atoms with E-state index in [0.717, 1.165) is 6.07 Å². The molecular weight excluding hydrogens is 289 g/mol. The maximum atomic E-state index is 13.4. The molecule has 94 valence electrons. The number of halogens is 2. The van der Waals surface area contributed by atoms with E-state index in [1.54, 1.807) is 0 Å². The van der Waals surface area contributed by atoms with Crippen molar-refractivity contribution in [3.8, 4) is 5.75 Å². The average Bonchev–Trinajstić information content (AvgIpc) is 2.15. The van der Waals surface area contributed by atoms with Crippen LogP contribution in [0, 0.1) is 5.82 Å². The van der Waals surface area contributed by atoms with Crippen molar-refractivity contribution in [2.24, 2.45) is 0 Å². The Morgan fingerprint density at radius 2 is 2.12 bits per heavy atom. The van der Waals surface area contributed by atoms with Gasteiger partial charge in [-0.1, -0.05) is 22.9 Å². The summed E-state index contributed by atoms with van der Waals surface area (Å²) < 4.78 is 13.4. The first-order chi connectivity index (χ1) is 7.74. The highest BCUT2D eigenvalue weighted by molar-refractivity contribution is 9.09. The van der Waals surface area contributed by atoms with Crippen molar-refractivity contribution in [1.29, 1.82) is 0 Å². The van der Waals surface area contributed by atoms with Gasteiger partial charge in [0.1, 0.15) is 11.6 Å². The van der Waals surface area contributed by atoms with Crippen molar-refractivity contribution >= 4 is 21.8 Å². The van der Waals surface area contributed by atoms with Crippen LogP contribution < -0.4 is 5.32 Å². The van der Waals surface area contributed by atoms with Crippen LogP contribution >= 0.6 is 15.9 Å². The molecule has 0 radical (unpaired) electrons. The van der Waals surface area contributed by atoms with E-state index in [9.17, 15) is 9.18 Å². The first-order valence-electron chi connectivity index (χ1n) is 5.19. The molecule has 0 aliphatic rings. The summed E-state index contributed by atoms with van der Waals surface area (Å²) in [5.41, 5.74) is -0.578. The monoisotopic (exact) mass is 303 g/mol. The number of rotatable bonds is 3. The Morgan fingerprint density at radius 3 is 2.59 bits per heavy atom. The van der Waals surface area contributed by atoms with Gasteiger partial charge < -0.3 is 10.4 Å². The molecule has 1 rings (SSSR count). The SMILES string of the molecule is CC(Br)C(C)(C)NC(=O)c1ccc(O)cc1F. The van der Waals surface area contributed by atoms with Crippen LogP contribution in [0.4, 0.5) is 4.39 Å². The van der Waals surface area contributed by atoms with E-state index in [4.69, 9.17) is 5.11 Å². The minimum Gasteiger partial charge on any atom is -0.508 e. The quantitative estimate of drug-likeness (QED) is 0.844. The second-order valence-corrected chi connectivity index (χ2v) is 5.83. The van der Waals surface area contributed by atoms with Crippen molar-refractivity contribution in [1.82, 2.24) is 5.32 Å². The Hall–Kier alpha value is -1.10. The maximum absolute atomic E-state index is 13.4. The van der Waals surface area contributed by atoms with Crippen LogP contribution in [0.1, 0.15) is 31.1 Å². The third-order valence-corrected chi connectivity index (χ3v) is 3.77. The van der Waals surface area contributed by atoms with Crippen LogP contribution in [0.2, 0.25) is 0 Å². The van der Waals surface area contributed by atoms with Gasteiger partial charge in [0.05, 0.1) is 5.56 Å². The fourth-order valence-corrected chi connectivity index (χ4v) is 1.26. The van der Waals surface area contributed by atoms with Gasteiger partial charge in [-0.2, -0.15) is 0 Å². The number of carbonyl (C=O) groups is 1. The van der Waals surface area contributed by atoms with Gasteiger partial charge in [-0.3, -0.25) is 4.79 Å². The molecule has 1 aromatic carbocycles. The number of benzene rings is 1. The summed E-state index contributed by atoms with van der Waals surface area (Å²) in [6.07, 6.45) is 0. The first kappa shape index (κ1) is 14.0. The van der Waals surface area contributed by atoms with Crippen molar-refractivity contribution in [2.45, 2.75) is 31.1 Å². The summed E-state index contributed by atoms with van der Waals surface area (Å²) in [4.78, 5) is 11.9. The van der Waals surface area contributed by atoms with Crippen LogP contribution in [0.5, 0.6) is 5.75 Å². The summed E-state index contributed by atoms with van der Waals surface area (Å²) in [6, 6.07) is 3.46. The topological polar surface area (TPSA) is 49.3 Å². The van der Waals surface area contributed by atoms with E-state index in [1.165, 1.54) is 12.1 Å². The van der Waals surface area contributed by atoms with Gasteiger partial charge in [-0.15, -0.1) is 0 Å². The molecule has 0 spiro atoms. The lowest BCUT2D eigenvalue weighted by Crippen LogP contribution is -2.49. The normalized spacial score (nSPS) is 13.2. The third-order valence-electron chi connectivity index (χ3n) is 2.63. The average molecular weight is 304 g/mol. The van der Waals surface area contributed by atoms with Crippen LogP contribution in [0.3, 0.4) is 0 Å². The molecule has 3 nitrogen and oxygen atoms in total. The van der Waals surface area contributed by atoms with Crippen LogP contribution in [-0.4, -0.2) is 21.4 Å². The Balaban J connectivity index is 2.91. The smallest absolute Gasteiger partial charge is 0.254 e. The number of phenols is 1. The molecule has 1 amide bonds. The van der Waals surface area contributed by atoms with E-state index in [2.05, 4.69) is 21.2 Å². The minimum atomic E-state index is -0.736. The second kappa shape index (κ2) is 5.04. The molecule has 0 aliphatic carbocycles. The molecule has 2 N–H and O–H groups in total. The van der Waals surface area contributed by atoms with Crippen molar-refractivity contribution in [3.63, 3.8) is 0 Å². The molecule has 1 unspecified atom stereocenters. The molecule has 0 aromatic heterocycles. The molecule has 1 aromatic rings. The van der Waals surface area contributed by atoms with Gasteiger partial charge in [-0.05, 0) is 26.0 Å². The van der Waals surface area contributed by atoms with Crippen LogP contribution in [0.25, 0.3) is 0 Å². The molecule has 0 fully saturated rings. The molecule has 1 atom stereocenters. The number of hydrogen-bond acceptors (Lipinski definition) is 2. The Kier molecular flexibility index (Phi) is 4.14. The van der Waals surface area contributed by atoms with E-state index in [-0.39, 0.29) is 16.1 Å². The largest absolute Gasteiger partial charge is 0.508 e. The molecule has 0 heterocycles. The fraction of sp³-hybridized carbons (Fsp3) is 0.417. The number of alkyl halides is 1. The zero-order chi connectivity index (χ0) is 13.2. The van der Waals surface area contributed by atoms with Crippen LogP contribution in [-0.2, 0) is 0 Å². The van der Waals surface area contributed by atoms with Crippen LogP contribution in [0.15, 0.2) is 18.2 Å². The maximum Gasteiger partial charge on any atom is 0.254 e. The number of amides is 1. The van der Waals surface area contributed by atoms with Gasteiger partial charge in [0.15, 0.2) is 0 Å². The third kappa shape index (κ3) is 3.43. The lowest BCUT2D eigenvalue weighted by atomic mass is 10.0. The van der Waals surface area contributed by atoms with E-state index in [0.29, 0.717) is 0 Å². The summed E-state index contributed by atoms with van der Waals surface area (Å²) in [5, 5.41) is 11.8. The highest BCUT2D eigenvalue weighted by atomic mass is 79.9. The van der Waals surface area contributed by atoms with E-state index < -0.39 is 17.3 Å². The van der Waals surface area contributed by atoms with Gasteiger partial charge in [0.2, 0.25) is 0 Å². The lowest BCUT2D eigenvalue weighted by molar-refractivity contribution is 0.0909. The minimum absolute atomic E-state index is 0.0409.